The van der Waals surface area contributed by atoms with Gasteiger partial charge in [0.15, 0.2) is 0 Å². The monoisotopic (exact) mass is 212 g/mol. The number of hydrogen-bond donors (Lipinski definition) is 2. The number of amides is 1. The Morgan fingerprint density at radius 1 is 1.07 bits per heavy atom. The third-order valence-corrected chi connectivity index (χ3v) is 2.77. The Morgan fingerprint density at radius 2 is 1.53 bits per heavy atom. The third kappa shape index (κ3) is 5.17. The first kappa shape index (κ1) is 12.5. The number of rotatable bonds is 2. The number of carbonyl (C=O) groups excluding carboxylic acids is 1. The molecule has 3 nitrogen and oxygen atoms in total. The number of hydrogen-bond acceptors (Lipinski definition) is 2. The summed E-state index contributed by atoms with van der Waals surface area (Å²) in [7, 11) is 0. The van der Waals surface area contributed by atoms with Crippen molar-refractivity contribution in [3.05, 3.63) is 0 Å². The van der Waals surface area contributed by atoms with Crippen molar-refractivity contribution in [2.45, 2.75) is 71.0 Å². The fourth-order valence-corrected chi connectivity index (χ4v) is 2.28. The van der Waals surface area contributed by atoms with E-state index in [0.29, 0.717) is 12.1 Å². The van der Waals surface area contributed by atoms with Gasteiger partial charge < -0.3 is 10.6 Å². The van der Waals surface area contributed by atoms with Crippen molar-refractivity contribution in [2.75, 3.05) is 0 Å². The van der Waals surface area contributed by atoms with Gasteiger partial charge in [0.2, 0.25) is 5.91 Å². The van der Waals surface area contributed by atoms with Crippen molar-refractivity contribution in [3.63, 3.8) is 0 Å². The van der Waals surface area contributed by atoms with Crippen molar-refractivity contribution < 1.29 is 4.79 Å². The molecule has 0 spiro atoms. The maximum Gasteiger partial charge on any atom is 0.217 e. The fraction of sp³-hybridized carbons (Fsp3) is 0.917. The predicted octanol–water partition coefficient (Wildman–Crippen LogP) is 1.82. The Labute approximate surface area is 93.0 Å². The summed E-state index contributed by atoms with van der Waals surface area (Å²) in [6.07, 6.45) is 4.55. The van der Waals surface area contributed by atoms with Gasteiger partial charge in [0.05, 0.1) is 0 Å². The molecule has 0 radical (unpaired) electrons. The zero-order valence-electron chi connectivity index (χ0n) is 10.4. The molecule has 0 bridgehead atoms. The fourth-order valence-electron chi connectivity index (χ4n) is 2.28. The lowest BCUT2D eigenvalue weighted by atomic mass is 9.89. The second-order valence-corrected chi connectivity index (χ2v) is 5.64. The zero-order chi connectivity index (χ0) is 11.5. The van der Waals surface area contributed by atoms with Crippen LogP contribution in [0.25, 0.3) is 0 Å². The molecule has 0 aromatic rings. The largest absolute Gasteiger partial charge is 0.354 e. The van der Waals surface area contributed by atoms with Gasteiger partial charge in [-0.05, 0) is 46.5 Å². The highest BCUT2D eigenvalue weighted by Crippen LogP contribution is 2.20. The maximum absolute atomic E-state index is 10.9. The zero-order valence-corrected chi connectivity index (χ0v) is 10.4. The first-order chi connectivity index (χ1) is 6.87. The second-order valence-electron chi connectivity index (χ2n) is 5.64. The van der Waals surface area contributed by atoms with E-state index in [1.165, 1.54) is 12.8 Å². The van der Waals surface area contributed by atoms with Gasteiger partial charge in [-0.2, -0.15) is 0 Å². The van der Waals surface area contributed by atoms with E-state index in [9.17, 15) is 4.79 Å². The van der Waals surface area contributed by atoms with E-state index in [0.717, 1.165) is 12.8 Å². The third-order valence-electron chi connectivity index (χ3n) is 2.77. The SMILES string of the molecule is CC(=O)NC1CCC(NC(C)(C)C)CC1. The van der Waals surface area contributed by atoms with Crippen LogP contribution in [0.1, 0.15) is 53.4 Å². The molecule has 88 valence electrons. The molecule has 0 atom stereocenters. The molecular formula is C12H24N2O. The van der Waals surface area contributed by atoms with Crippen LogP contribution in [-0.2, 0) is 4.79 Å². The van der Waals surface area contributed by atoms with Gasteiger partial charge in [-0.15, -0.1) is 0 Å². The van der Waals surface area contributed by atoms with Gasteiger partial charge in [-0.3, -0.25) is 4.79 Å². The smallest absolute Gasteiger partial charge is 0.217 e. The van der Waals surface area contributed by atoms with Crippen LogP contribution < -0.4 is 10.6 Å². The molecule has 1 aliphatic carbocycles. The van der Waals surface area contributed by atoms with Crippen LogP contribution in [0.4, 0.5) is 0 Å². The summed E-state index contributed by atoms with van der Waals surface area (Å²) in [5, 5.41) is 6.62. The Hall–Kier alpha value is -0.570. The lowest BCUT2D eigenvalue weighted by Gasteiger charge is -2.34. The first-order valence-electron chi connectivity index (χ1n) is 5.91. The molecule has 2 N–H and O–H groups in total. The molecule has 0 heterocycles. The summed E-state index contributed by atoms with van der Waals surface area (Å²) in [5.41, 5.74) is 0.200. The van der Waals surface area contributed by atoms with Crippen molar-refractivity contribution in [1.82, 2.24) is 10.6 Å². The highest BCUT2D eigenvalue weighted by molar-refractivity contribution is 5.73. The Balaban J connectivity index is 2.27. The van der Waals surface area contributed by atoms with Crippen molar-refractivity contribution in [3.8, 4) is 0 Å². The molecule has 1 rings (SSSR count). The van der Waals surface area contributed by atoms with Crippen molar-refractivity contribution >= 4 is 5.91 Å². The van der Waals surface area contributed by atoms with Crippen LogP contribution in [0.2, 0.25) is 0 Å². The molecule has 0 aliphatic heterocycles. The standard InChI is InChI=1S/C12H24N2O/c1-9(15)13-10-5-7-11(8-6-10)14-12(2,3)4/h10-11,14H,5-8H2,1-4H3,(H,13,15). The Morgan fingerprint density at radius 3 is 1.93 bits per heavy atom. The molecule has 0 unspecified atom stereocenters. The van der Waals surface area contributed by atoms with Crippen LogP contribution in [-0.4, -0.2) is 23.5 Å². The summed E-state index contributed by atoms with van der Waals surface area (Å²) >= 11 is 0. The van der Waals surface area contributed by atoms with E-state index >= 15 is 0 Å². The predicted molar refractivity (Wildman–Crippen MR) is 62.7 cm³/mol. The lowest BCUT2D eigenvalue weighted by molar-refractivity contribution is -0.119. The summed E-state index contributed by atoms with van der Waals surface area (Å²) in [6.45, 7) is 8.20. The van der Waals surface area contributed by atoms with Crippen LogP contribution in [0.3, 0.4) is 0 Å². The molecule has 15 heavy (non-hydrogen) atoms. The van der Waals surface area contributed by atoms with Crippen LogP contribution >= 0.6 is 0 Å². The van der Waals surface area contributed by atoms with Crippen molar-refractivity contribution in [1.29, 1.82) is 0 Å². The molecule has 1 saturated carbocycles. The topological polar surface area (TPSA) is 41.1 Å². The minimum atomic E-state index is 0.0993. The van der Waals surface area contributed by atoms with E-state index in [4.69, 9.17) is 0 Å². The number of nitrogens with one attached hydrogen (secondary N) is 2. The Bertz CT molecular complexity index is 212. The molecule has 0 saturated heterocycles. The normalized spacial score (nSPS) is 27.5. The molecule has 3 heteroatoms. The summed E-state index contributed by atoms with van der Waals surface area (Å²) in [5.74, 6) is 0.0993. The van der Waals surface area contributed by atoms with E-state index in [1.54, 1.807) is 6.92 Å². The molecule has 1 aliphatic rings. The van der Waals surface area contributed by atoms with E-state index in [1.807, 2.05) is 0 Å². The summed E-state index contributed by atoms with van der Waals surface area (Å²) < 4.78 is 0. The average Bonchev–Trinajstić information content (AvgIpc) is 2.05. The van der Waals surface area contributed by atoms with E-state index in [2.05, 4.69) is 31.4 Å². The van der Waals surface area contributed by atoms with Crippen LogP contribution in [0.5, 0.6) is 0 Å². The van der Waals surface area contributed by atoms with E-state index in [-0.39, 0.29) is 11.4 Å². The van der Waals surface area contributed by atoms with Gasteiger partial charge >= 0.3 is 0 Å². The maximum atomic E-state index is 10.9. The quantitative estimate of drug-likeness (QED) is 0.733. The molecule has 1 fully saturated rings. The molecule has 0 aromatic carbocycles. The minimum Gasteiger partial charge on any atom is -0.354 e. The van der Waals surface area contributed by atoms with Crippen molar-refractivity contribution in [2.24, 2.45) is 0 Å². The molecular weight excluding hydrogens is 188 g/mol. The average molecular weight is 212 g/mol. The summed E-state index contributed by atoms with van der Waals surface area (Å²) in [6, 6.07) is 1.02. The summed E-state index contributed by atoms with van der Waals surface area (Å²) in [4.78, 5) is 10.9. The van der Waals surface area contributed by atoms with Gasteiger partial charge in [-0.25, -0.2) is 0 Å². The second kappa shape index (κ2) is 4.97. The highest BCUT2D eigenvalue weighted by atomic mass is 16.1. The highest BCUT2D eigenvalue weighted by Gasteiger charge is 2.24. The van der Waals surface area contributed by atoms with Gasteiger partial charge in [0.1, 0.15) is 0 Å². The van der Waals surface area contributed by atoms with Crippen LogP contribution in [0, 0.1) is 0 Å². The number of carbonyl (C=O) groups is 1. The van der Waals surface area contributed by atoms with E-state index < -0.39 is 0 Å². The van der Waals surface area contributed by atoms with Gasteiger partial charge in [0, 0.05) is 24.5 Å². The molecule has 1 amide bonds. The lowest BCUT2D eigenvalue weighted by Crippen LogP contribution is -2.47. The van der Waals surface area contributed by atoms with Gasteiger partial charge in [-0.1, -0.05) is 0 Å². The first-order valence-corrected chi connectivity index (χ1v) is 5.91. The minimum absolute atomic E-state index is 0.0993. The Kier molecular flexibility index (Phi) is 4.14. The molecule has 0 aromatic heterocycles. The van der Waals surface area contributed by atoms with Crippen LogP contribution in [0.15, 0.2) is 0 Å². The van der Waals surface area contributed by atoms with Gasteiger partial charge in [0.25, 0.3) is 0 Å².